The van der Waals surface area contributed by atoms with E-state index in [1.165, 1.54) is 11.6 Å². The molecule has 0 fully saturated rings. The number of nitrogens with one attached hydrogen (secondary N) is 1. The number of halogens is 2. The van der Waals surface area contributed by atoms with Crippen molar-refractivity contribution in [2.75, 3.05) is 6.54 Å². The van der Waals surface area contributed by atoms with E-state index >= 15 is 0 Å². The van der Waals surface area contributed by atoms with Gasteiger partial charge in [-0.2, -0.15) is 0 Å². The Morgan fingerprint density at radius 1 is 1.16 bits per heavy atom. The lowest BCUT2D eigenvalue weighted by molar-refractivity contribution is 0.606. The molecule has 0 aliphatic carbocycles. The van der Waals surface area contributed by atoms with Gasteiger partial charge in [-0.25, -0.2) is 4.39 Å². The summed E-state index contributed by atoms with van der Waals surface area (Å²) in [5.41, 5.74) is 2.93. The van der Waals surface area contributed by atoms with Gasteiger partial charge in [0.25, 0.3) is 0 Å². The molecule has 0 bridgehead atoms. The van der Waals surface area contributed by atoms with E-state index < -0.39 is 0 Å². The van der Waals surface area contributed by atoms with Crippen molar-refractivity contribution in [1.82, 2.24) is 5.32 Å². The lowest BCUT2D eigenvalue weighted by atomic mass is 9.97. The van der Waals surface area contributed by atoms with Crippen LogP contribution in [0.25, 0.3) is 0 Å². The minimum absolute atomic E-state index is 0.0850. The van der Waals surface area contributed by atoms with Gasteiger partial charge in [0.05, 0.1) is 6.04 Å². The van der Waals surface area contributed by atoms with Crippen molar-refractivity contribution >= 4 is 15.9 Å². The van der Waals surface area contributed by atoms with E-state index in [4.69, 9.17) is 0 Å². The lowest BCUT2D eigenvalue weighted by Crippen LogP contribution is -2.22. The van der Waals surface area contributed by atoms with Gasteiger partial charge in [0.15, 0.2) is 0 Å². The second-order valence-electron chi connectivity index (χ2n) is 4.55. The van der Waals surface area contributed by atoms with Gasteiger partial charge in [0.2, 0.25) is 0 Å². The number of benzene rings is 2. The molecular weight excluding hydrogens is 305 g/mol. The van der Waals surface area contributed by atoms with Crippen molar-refractivity contribution in [3.8, 4) is 0 Å². The molecule has 2 aromatic carbocycles. The highest BCUT2D eigenvalue weighted by Gasteiger charge is 2.14. The van der Waals surface area contributed by atoms with E-state index in [-0.39, 0.29) is 11.9 Å². The Balaban J connectivity index is 2.42. The molecule has 0 radical (unpaired) electrons. The Kier molecular flexibility index (Phi) is 4.72. The van der Waals surface area contributed by atoms with Gasteiger partial charge in [0, 0.05) is 4.47 Å². The average molecular weight is 322 g/mol. The fourth-order valence-electron chi connectivity index (χ4n) is 2.17. The van der Waals surface area contributed by atoms with Crippen LogP contribution in [0, 0.1) is 12.7 Å². The molecule has 0 aliphatic rings. The van der Waals surface area contributed by atoms with Crippen LogP contribution < -0.4 is 5.32 Å². The monoisotopic (exact) mass is 321 g/mol. The number of hydrogen-bond acceptors (Lipinski definition) is 1. The highest BCUT2D eigenvalue weighted by molar-refractivity contribution is 9.10. The summed E-state index contributed by atoms with van der Waals surface area (Å²) in [5, 5.41) is 3.45. The maximum Gasteiger partial charge on any atom is 0.126 e. The third-order valence-corrected chi connectivity index (χ3v) is 3.60. The van der Waals surface area contributed by atoms with Gasteiger partial charge in [-0.3, -0.25) is 0 Å². The summed E-state index contributed by atoms with van der Waals surface area (Å²) >= 11 is 3.49. The van der Waals surface area contributed by atoms with Gasteiger partial charge in [-0.05, 0) is 48.4 Å². The Bertz CT molecular complexity index is 568. The molecule has 2 aromatic rings. The molecule has 0 aliphatic heterocycles. The smallest absolute Gasteiger partial charge is 0.126 e. The van der Waals surface area contributed by atoms with Gasteiger partial charge < -0.3 is 5.32 Å². The van der Waals surface area contributed by atoms with Crippen molar-refractivity contribution in [3.05, 3.63) is 69.4 Å². The Morgan fingerprint density at radius 2 is 1.89 bits per heavy atom. The van der Waals surface area contributed by atoms with Crippen molar-refractivity contribution in [3.63, 3.8) is 0 Å². The Morgan fingerprint density at radius 3 is 2.53 bits per heavy atom. The van der Waals surface area contributed by atoms with E-state index in [0.29, 0.717) is 5.56 Å². The van der Waals surface area contributed by atoms with E-state index in [1.807, 2.05) is 24.3 Å². The Hall–Kier alpha value is -1.19. The summed E-state index contributed by atoms with van der Waals surface area (Å²) in [7, 11) is 0. The zero-order valence-corrected chi connectivity index (χ0v) is 12.7. The van der Waals surface area contributed by atoms with Crippen LogP contribution >= 0.6 is 15.9 Å². The van der Waals surface area contributed by atoms with Crippen molar-refractivity contribution in [2.45, 2.75) is 19.9 Å². The Labute approximate surface area is 122 Å². The van der Waals surface area contributed by atoms with Crippen LogP contribution in [-0.2, 0) is 0 Å². The first-order valence-corrected chi connectivity index (χ1v) is 7.16. The zero-order chi connectivity index (χ0) is 13.8. The summed E-state index contributed by atoms with van der Waals surface area (Å²) in [6.45, 7) is 4.72. The summed E-state index contributed by atoms with van der Waals surface area (Å²) in [5.74, 6) is -0.159. The fraction of sp³-hybridized carbons (Fsp3) is 0.250. The molecule has 1 atom stereocenters. The van der Waals surface area contributed by atoms with E-state index in [1.54, 1.807) is 6.92 Å². The molecule has 0 heterocycles. The minimum atomic E-state index is -0.159. The molecule has 0 amide bonds. The molecule has 1 nitrogen and oxygen atoms in total. The molecule has 3 heteroatoms. The second-order valence-corrected chi connectivity index (χ2v) is 5.47. The van der Waals surface area contributed by atoms with Crippen molar-refractivity contribution in [2.24, 2.45) is 0 Å². The first-order chi connectivity index (χ1) is 9.11. The third kappa shape index (κ3) is 3.43. The minimum Gasteiger partial charge on any atom is -0.307 e. The van der Waals surface area contributed by atoms with Gasteiger partial charge >= 0.3 is 0 Å². The van der Waals surface area contributed by atoms with Gasteiger partial charge in [-0.15, -0.1) is 0 Å². The van der Waals surface area contributed by atoms with Crippen molar-refractivity contribution < 1.29 is 4.39 Å². The first kappa shape index (κ1) is 14.2. The second kappa shape index (κ2) is 6.31. The number of aryl methyl sites for hydroxylation is 1. The van der Waals surface area contributed by atoms with Crippen LogP contribution in [0.15, 0.2) is 46.9 Å². The molecule has 100 valence electrons. The molecule has 0 spiro atoms. The van der Waals surface area contributed by atoms with Gasteiger partial charge in [0.1, 0.15) is 5.82 Å². The van der Waals surface area contributed by atoms with Crippen LogP contribution in [0.2, 0.25) is 0 Å². The molecule has 0 saturated heterocycles. The molecule has 0 aromatic heterocycles. The highest BCUT2D eigenvalue weighted by atomic mass is 79.9. The third-order valence-electron chi connectivity index (χ3n) is 3.11. The largest absolute Gasteiger partial charge is 0.307 e. The molecule has 2 rings (SSSR count). The van der Waals surface area contributed by atoms with Crippen LogP contribution in [0.4, 0.5) is 4.39 Å². The molecule has 1 unspecified atom stereocenters. The average Bonchev–Trinajstić information content (AvgIpc) is 2.39. The maximum absolute atomic E-state index is 13.4. The predicted octanol–water partition coefficient (Wildman–Crippen LogP) is 4.60. The summed E-state index contributed by atoms with van der Waals surface area (Å²) in [6.07, 6.45) is 0. The van der Waals surface area contributed by atoms with E-state index in [0.717, 1.165) is 16.6 Å². The van der Waals surface area contributed by atoms with Crippen LogP contribution in [0.5, 0.6) is 0 Å². The number of rotatable bonds is 4. The molecule has 1 N–H and O–H groups in total. The van der Waals surface area contributed by atoms with E-state index in [9.17, 15) is 4.39 Å². The summed E-state index contributed by atoms with van der Waals surface area (Å²) < 4.78 is 14.4. The zero-order valence-electron chi connectivity index (χ0n) is 11.1. The predicted molar refractivity (Wildman–Crippen MR) is 80.8 cm³/mol. The summed E-state index contributed by atoms with van der Waals surface area (Å²) in [4.78, 5) is 0. The highest BCUT2D eigenvalue weighted by Crippen LogP contribution is 2.25. The van der Waals surface area contributed by atoms with Crippen LogP contribution in [0.1, 0.15) is 29.7 Å². The standard InChI is InChI=1S/C16H17BrFN/c1-3-19-16(12-5-4-6-14(17)10-12)13-7-8-15(18)11(2)9-13/h4-10,16,19H,3H2,1-2H3. The number of hydrogen-bond donors (Lipinski definition) is 1. The maximum atomic E-state index is 13.4. The lowest BCUT2D eigenvalue weighted by Gasteiger charge is -2.20. The molecular formula is C16H17BrFN. The van der Waals surface area contributed by atoms with Crippen LogP contribution in [0.3, 0.4) is 0 Å². The SMILES string of the molecule is CCNC(c1cccc(Br)c1)c1ccc(F)c(C)c1. The quantitative estimate of drug-likeness (QED) is 0.868. The normalized spacial score (nSPS) is 12.4. The molecule has 0 saturated carbocycles. The van der Waals surface area contributed by atoms with Crippen LogP contribution in [-0.4, -0.2) is 6.54 Å². The van der Waals surface area contributed by atoms with Gasteiger partial charge in [-0.1, -0.05) is 47.1 Å². The summed E-state index contributed by atoms with van der Waals surface area (Å²) in [6, 6.07) is 13.6. The first-order valence-electron chi connectivity index (χ1n) is 6.36. The topological polar surface area (TPSA) is 12.0 Å². The van der Waals surface area contributed by atoms with E-state index in [2.05, 4.69) is 40.3 Å². The fourth-order valence-corrected chi connectivity index (χ4v) is 2.58. The van der Waals surface area contributed by atoms with Crippen molar-refractivity contribution in [1.29, 1.82) is 0 Å². The molecule has 19 heavy (non-hydrogen) atoms.